The number of carbonyl (C=O) groups excluding carboxylic acids is 1. The molecule has 2 aromatic rings. The Morgan fingerprint density at radius 3 is 2.72 bits per heavy atom. The van der Waals surface area contributed by atoms with Gasteiger partial charge in [-0.1, -0.05) is 24.2 Å². The number of ether oxygens (including phenoxy) is 2. The lowest BCUT2D eigenvalue weighted by Gasteiger charge is -2.51. The minimum Gasteiger partial charge on any atom is -0.465 e. The van der Waals surface area contributed by atoms with Crippen molar-refractivity contribution in [2.45, 2.75) is 44.6 Å². The highest BCUT2D eigenvalue weighted by Gasteiger charge is 2.52. The molecule has 3 aliphatic rings. The van der Waals surface area contributed by atoms with Gasteiger partial charge in [-0.3, -0.25) is 0 Å². The monoisotopic (exact) mass is 342 g/mol. The van der Waals surface area contributed by atoms with E-state index in [9.17, 15) is 4.79 Å². The zero-order valence-corrected chi connectivity index (χ0v) is 14.6. The molecule has 6 heteroatoms. The highest BCUT2D eigenvalue weighted by Crippen LogP contribution is 2.54. The third-order valence-corrected chi connectivity index (χ3v) is 5.88. The van der Waals surface area contributed by atoms with Gasteiger partial charge in [0.2, 0.25) is 5.82 Å². The molecular weight excluding hydrogens is 320 g/mol. The Bertz CT molecular complexity index is 774. The molecule has 0 unspecified atom stereocenters. The first-order valence-corrected chi connectivity index (χ1v) is 8.77. The Hall–Kier alpha value is -2.21. The first kappa shape index (κ1) is 16.3. The molecule has 6 nitrogen and oxygen atoms in total. The zero-order chi connectivity index (χ0) is 17.5. The number of hydrogen-bond donors (Lipinski definition) is 0. The summed E-state index contributed by atoms with van der Waals surface area (Å²) in [5.41, 5.74) is 1.08. The minimum atomic E-state index is -0.442. The third kappa shape index (κ3) is 2.65. The zero-order valence-electron chi connectivity index (χ0n) is 14.6. The predicted molar refractivity (Wildman–Crippen MR) is 89.9 cm³/mol. The van der Waals surface area contributed by atoms with E-state index in [1.807, 2.05) is 6.07 Å². The lowest BCUT2D eigenvalue weighted by atomic mass is 9.65. The van der Waals surface area contributed by atoms with Crippen molar-refractivity contribution in [1.82, 2.24) is 10.1 Å². The maximum absolute atomic E-state index is 11.7. The normalized spacial score (nSPS) is 28.1. The van der Waals surface area contributed by atoms with Gasteiger partial charge in [-0.05, 0) is 49.7 Å². The summed E-state index contributed by atoms with van der Waals surface area (Å²) in [7, 11) is 1.36. The van der Waals surface area contributed by atoms with Crippen LogP contribution in [0.15, 0.2) is 28.8 Å². The van der Waals surface area contributed by atoms with Gasteiger partial charge in [-0.15, -0.1) is 0 Å². The van der Waals surface area contributed by atoms with E-state index in [-0.39, 0.29) is 5.97 Å². The molecule has 0 radical (unpaired) electrons. The molecule has 0 amide bonds. The van der Waals surface area contributed by atoms with E-state index < -0.39 is 5.60 Å². The van der Waals surface area contributed by atoms with Crippen molar-refractivity contribution in [1.29, 1.82) is 0 Å². The van der Waals surface area contributed by atoms with E-state index in [1.54, 1.807) is 18.2 Å². The maximum Gasteiger partial charge on any atom is 0.337 e. The Balaban J connectivity index is 1.60. The first-order valence-electron chi connectivity index (χ1n) is 8.77. The van der Waals surface area contributed by atoms with Crippen LogP contribution in [0.5, 0.6) is 0 Å². The second-order valence-corrected chi connectivity index (χ2v) is 7.13. The fraction of sp³-hybridized carbons (Fsp3) is 0.526. The van der Waals surface area contributed by atoms with Gasteiger partial charge in [-0.25, -0.2) is 4.79 Å². The maximum atomic E-state index is 11.7. The second kappa shape index (κ2) is 5.95. The van der Waals surface area contributed by atoms with Crippen LogP contribution in [0, 0.1) is 5.41 Å². The van der Waals surface area contributed by atoms with E-state index >= 15 is 0 Å². The van der Waals surface area contributed by atoms with Crippen LogP contribution in [0.25, 0.3) is 11.4 Å². The lowest BCUT2D eigenvalue weighted by Crippen LogP contribution is -2.49. The molecular formula is C19H22N2O4. The molecule has 0 spiro atoms. The lowest BCUT2D eigenvalue weighted by molar-refractivity contribution is -0.201. The molecule has 5 rings (SSSR count). The Labute approximate surface area is 146 Å². The van der Waals surface area contributed by atoms with Crippen LogP contribution in [-0.2, 0) is 15.1 Å². The van der Waals surface area contributed by atoms with Crippen molar-refractivity contribution in [3.63, 3.8) is 0 Å². The number of esters is 1. The van der Waals surface area contributed by atoms with Crippen LogP contribution in [0.1, 0.15) is 55.3 Å². The highest BCUT2D eigenvalue weighted by atomic mass is 16.5. The standard InChI is InChI=1S/C19H22N2O4/c1-3-18-7-9-19(10-8-18,24-12-18)17-20-15(21-25-17)13-5-4-6-14(11-13)16(22)23-2/h4-6,11H,3,7-10,12H2,1-2H3. The van der Waals surface area contributed by atoms with Crippen LogP contribution in [0.3, 0.4) is 0 Å². The van der Waals surface area contributed by atoms with Crippen LogP contribution >= 0.6 is 0 Å². The Morgan fingerprint density at radius 1 is 1.28 bits per heavy atom. The van der Waals surface area contributed by atoms with Crippen LogP contribution in [0.4, 0.5) is 0 Å². The summed E-state index contributed by atoms with van der Waals surface area (Å²) < 4.78 is 16.5. The van der Waals surface area contributed by atoms with Crippen LogP contribution in [0.2, 0.25) is 0 Å². The van der Waals surface area contributed by atoms with Gasteiger partial charge in [0.1, 0.15) is 5.60 Å². The molecule has 0 atom stereocenters. The fourth-order valence-corrected chi connectivity index (χ4v) is 3.92. The van der Waals surface area contributed by atoms with Gasteiger partial charge in [0.15, 0.2) is 0 Å². The van der Waals surface area contributed by atoms with Gasteiger partial charge in [0.25, 0.3) is 5.89 Å². The molecule has 1 saturated carbocycles. The van der Waals surface area contributed by atoms with Gasteiger partial charge in [0.05, 0.1) is 19.3 Å². The van der Waals surface area contributed by atoms with Crippen molar-refractivity contribution in [3.8, 4) is 11.4 Å². The number of hydrogen-bond acceptors (Lipinski definition) is 6. The fourth-order valence-electron chi connectivity index (χ4n) is 3.92. The molecule has 3 fully saturated rings. The largest absolute Gasteiger partial charge is 0.465 e. The quantitative estimate of drug-likeness (QED) is 0.788. The smallest absolute Gasteiger partial charge is 0.337 e. The van der Waals surface area contributed by atoms with E-state index in [1.165, 1.54) is 7.11 Å². The number of aromatic nitrogens is 2. The van der Waals surface area contributed by atoms with Crippen molar-refractivity contribution >= 4 is 5.97 Å². The van der Waals surface area contributed by atoms with Gasteiger partial charge in [0, 0.05) is 5.56 Å². The van der Waals surface area contributed by atoms with Crippen LogP contribution in [-0.4, -0.2) is 29.8 Å². The van der Waals surface area contributed by atoms with E-state index in [4.69, 9.17) is 14.0 Å². The molecule has 25 heavy (non-hydrogen) atoms. The van der Waals surface area contributed by atoms with Crippen molar-refractivity contribution in [2.75, 3.05) is 13.7 Å². The molecule has 1 aliphatic carbocycles. The third-order valence-electron chi connectivity index (χ3n) is 5.88. The van der Waals surface area contributed by atoms with Gasteiger partial charge >= 0.3 is 5.97 Å². The van der Waals surface area contributed by atoms with E-state index in [0.717, 1.165) is 44.3 Å². The predicted octanol–water partition coefficient (Wildman–Crippen LogP) is 3.72. The molecule has 2 aliphatic heterocycles. The highest BCUT2D eigenvalue weighted by molar-refractivity contribution is 5.90. The molecule has 0 N–H and O–H groups in total. The van der Waals surface area contributed by atoms with Crippen molar-refractivity contribution in [2.24, 2.45) is 5.41 Å². The number of methoxy groups -OCH3 is 1. The summed E-state index contributed by atoms with van der Waals surface area (Å²) in [6.45, 7) is 3.00. The summed E-state index contributed by atoms with van der Waals surface area (Å²) in [5.74, 6) is 0.634. The average Bonchev–Trinajstić information content (AvgIpc) is 3.20. The summed E-state index contributed by atoms with van der Waals surface area (Å²) in [4.78, 5) is 16.3. The number of carbonyl (C=O) groups is 1. The molecule has 1 aromatic carbocycles. The SMILES string of the molecule is CCC12CCC(c3nc(-c4cccc(C(=O)OC)c4)no3)(CC1)OC2. The summed E-state index contributed by atoms with van der Waals surface area (Å²) in [6, 6.07) is 7.04. The summed E-state index contributed by atoms with van der Waals surface area (Å²) in [5, 5.41) is 4.12. The number of benzene rings is 1. The number of nitrogens with zero attached hydrogens (tertiary/aromatic N) is 2. The van der Waals surface area contributed by atoms with E-state index in [2.05, 4.69) is 17.1 Å². The molecule has 2 saturated heterocycles. The minimum absolute atomic E-state index is 0.333. The van der Waals surface area contributed by atoms with Gasteiger partial charge in [-0.2, -0.15) is 4.98 Å². The Kier molecular flexibility index (Phi) is 3.87. The van der Waals surface area contributed by atoms with Gasteiger partial charge < -0.3 is 14.0 Å². The molecule has 3 heterocycles. The first-order chi connectivity index (χ1) is 12.1. The molecule has 1 aromatic heterocycles. The molecule has 2 bridgehead atoms. The summed E-state index contributed by atoms with van der Waals surface area (Å²) in [6.07, 6.45) is 5.27. The van der Waals surface area contributed by atoms with E-state index in [0.29, 0.717) is 22.7 Å². The van der Waals surface area contributed by atoms with Crippen LogP contribution < -0.4 is 0 Å². The topological polar surface area (TPSA) is 74.5 Å². The molecule has 132 valence electrons. The van der Waals surface area contributed by atoms with Crippen molar-refractivity contribution in [3.05, 3.63) is 35.7 Å². The second-order valence-electron chi connectivity index (χ2n) is 7.13. The Morgan fingerprint density at radius 2 is 2.08 bits per heavy atom. The number of rotatable bonds is 4. The average molecular weight is 342 g/mol. The van der Waals surface area contributed by atoms with Crippen molar-refractivity contribution < 1.29 is 18.8 Å². The summed E-state index contributed by atoms with van der Waals surface area (Å²) >= 11 is 0. The number of fused-ring (bicyclic) bond motifs is 3.